The van der Waals surface area contributed by atoms with Gasteiger partial charge in [0.05, 0.1) is 31.9 Å². The van der Waals surface area contributed by atoms with Crippen LogP contribution in [0.25, 0.3) is 0 Å². The summed E-state index contributed by atoms with van der Waals surface area (Å²) in [5.74, 6) is 0.102. The lowest BCUT2D eigenvalue weighted by Crippen LogP contribution is -2.41. The van der Waals surface area contributed by atoms with Crippen LogP contribution in [0.5, 0.6) is 17.2 Å². The summed E-state index contributed by atoms with van der Waals surface area (Å²) in [6.45, 7) is -0.518. The average Bonchev–Trinajstić information content (AvgIpc) is 2.86. The first-order valence-electron chi connectivity index (χ1n) is 10.2. The zero-order valence-electron chi connectivity index (χ0n) is 18.9. The van der Waals surface area contributed by atoms with Gasteiger partial charge in [-0.25, -0.2) is 12.8 Å². The van der Waals surface area contributed by atoms with Crippen molar-refractivity contribution >= 4 is 21.6 Å². The number of carbonyl (C=O) groups excluding carboxylic acids is 1. The van der Waals surface area contributed by atoms with Gasteiger partial charge in [-0.3, -0.25) is 9.10 Å². The molecule has 0 heterocycles. The Morgan fingerprint density at radius 3 is 2.21 bits per heavy atom. The molecule has 0 saturated carbocycles. The Bertz CT molecular complexity index is 1250. The van der Waals surface area contributed by atoms with Gasteiger partial charge in [-0.2, -0.15) is 0 Å². The van der Waals surface area contributed by atoms with E-state index < -0.39 is 28.3 Å². The van der Waals surface area contributed by atoms with E-state index in [2.05, 4.69) is 5.32 Å². The summed E-state index contributed by atoms with van der Waals surface area (Å²) in [6.07, 6.45) is 0. The monoisotopic (exact) mass is 488 g/mol. The van der Waals surface area contributed by atoms with Gasteiger partial charge in [0.1, 0.15) is 18.1 Å². The van der Waals surface area contributed by atoms with Gasteiger partial charge in [-0.1, -0.05) is 18.2 Å². The number of benzene rings is 3. The van der Waals surface area contributed by atoms with Crippen molar-refractivity contribution in [1.82, 2.24) is 5.32 Å². The number of rotatable bonds is 10. The molecule has 0 radical (unpaired) electrons. The van der Waals surface area contributed by atoms with Crippen molar-refractivity contribution in [2.75, 3.05) is 32.2 Å². The number of halogens is 1. The zero-order chi connectivity index (χ0) is 24.7. The van der Waals surface area contributed by atoms with Gasteiger partial charge < -0.3 is 19.5 Å². The molecule has 0 aliphatic carbocycles. The minimum absolute atomic E-state index is 0.104. The number of carbonyl (C=O) groups is 1. The summed E-state index contributed by atoms with van der Waals surface area (Å²) in [7, 11) is 0.208. The summed E-state index contributed by atoms with van der Waals surface area (Å²) < 4.78 is 57.5. The lowest BCUT2D eigenvalue weighted by atomic mass is 10.2. The molecule has 0 atom stereocenters. The highest BCUT2D eigenvalue weighted by Crippen LogP contribution is 2.28. The van der Waals surface area contributed by atoms with Gasteiger partial charge in [0.2, 0.25) is 5.91 Å². The smallest absolute Gasteiger partial charge is 0.264 e. The predicted molar refractivity (Wildman–Crippen MR) is 125 cm³/mol. The molecule has 0 unspecified atom stereocenters. The van der Waals surface area contributed by atoms with E-state index in [9.17, 15) is 17.6 Å². The number of para-hydroxylation sites is 1. The molecule has 0 spiro atoms. The molecule has 8 nitrogen and oxygen atoms in total. The maximum absolute atomic E-state index is 14.6. The predicted octanol–water partition coefficient (Wildman–Crippen LogP) is 3.36. The SMILES string of the molecule is COc1ccc(S(=O)(=O)N(CC(=O)NCc2ccc(OC)c(OC)c2)c2ccccc2F)cc1. The molecule has 3 rings (SSSR count). The molecule has 0 bridgehead atoms. The second kappa shape index (κ2) is 10.9. The summed E-state index contributed by atoms with van der Waals surface area (Å²) in [5, 5.41) is 2.67. The molecule has 3 aromatic rings. The highest BCUT2D eigenvalue weighted by atomic mass is 32.2. The molecular weight excluding hydrogens is 463 g/mol. The number of ether oxygens (including phenoxy) is 3. The summed E-state index contributed by atoms with van der Waals surface area (Å²) in [4.78, 5) is 12.6. The van der Waals surface area contributed by atoms with E-state index in [1.54, 1.807) is 18.2 Å². The van der Waals surface area contributed by atoms with Crippen LogP contribution in [-0.2, 0) is 21.4 Å². The van der Waals surface area contributed by atoms with Gasteiger partial charge >= 0.3 is 0 Å². The molecule has 3 aromatic carbocycles. The highest BCUT2D eigenvalue weighted by molar-refractivity contribution is 7.92. The van der Waals surface area contributed by atoms with Crippen LogP contribution in [0.2, 0.25) is 0 Å². The largest absolute Gasteiger partial charge is 0.497 e. The maximum atomic E-state index is 14.6. The van der Waals surface area contributed by atoms with Gasteiger partial charge in [0.15, 0.2) is 11.5 Å². The molecular formula is C24H25FN2O6S. The first-order chi connectivity index (χ1) is 16.3. The number of anilines is 1. The van der Waals surface area contributed by atoms with Crippen molar-refractivity contribution in [1.29, 1.82) is 0 Å². The second-order valence-corrected chi connectivity index (χ2v) is 8.97. The molecule has 0 saturated heterocycles. The van der Waals surface area contributed by atoms with Crippen LogP contribution in [0.4, 0.5) is 10.1 Å². The van der Waals surface area contributed by atoms with Crippen molar-refractivity contribution in [2.45, 2.75) is 11.4 Å². The lowest BCUT2D eigenvalue weighted by molar-refractivity contribution is -0.119. The number of amides is 1. The van der Waals surface area contributed by atoms with Crippen molar-refractivity contribution in [3.63, 3.8) is 0 Å². The molecule has 10 heteroatoms. The van der Waals surface area contributed by atoms with E-state index in [-0.39, 0.29) is 17.1 Å². The van der Waals surface area contributed by atoms with E-state index in [1.807, 2.05) is 0 Å². The first-order valence-corrected chi connectivity index (χ1v) is 11.6. The fourth-order valence-corrected chi connectivity index (χ4v) is 4.63. The fourth-order valence-electron chi connectivity index (χ4n) is 3.21. The minimum atomic E-state index is -4.26. The quantitative estimate of drug-likeness (QED) is 0.470. The topological polar surface area (TPSA) is 94.2 Å². The number of methoxy groups -OCH3 is 3. The average molecular weight is 489 g/mol. The first kappa shape index (κ1) is 24.8. The Hall–Kier alpha value is -3.79. The van der Waals surface area contributed by atoms with E-state index in [4.69, 9.17) is 14.2 Å². The molecule has 1 N–H and O–H groups in total. The summed E-state index contributed by atoms with van der Waals surface area (Å²) in [5.41, 5.74) is 0.473. The number of nitrogens with one attached hydrogen (secondary N) is 1. The lowest BCUT2D eigenvalue weighted by Gasteiger charge is -2.24. The van der Waals surface area contributed by atoms with Gasteiger partial charge in [-0.05, 0) is 54.1 Å². The van der Waals surface area contributed by atoms with Crippen LogP contribution >= 0.6 is 0 Å². The van der Waals surface area contributed by atoms with Crippen molar-refractivity contribution in [3.05, 3.63) is 78.1 Å². The Morgan fingerprint density at radius 2 is 1.59 bits per heavy atom. The molecule has 1 amide bonds. The zero-order valence-corrected chi connectivity index (χ0v) is 19.8. The summed E-state index contributed by atoms with van der Waals surface area (Å²) in [6, 6.07) is 16.1. The number of hydrogen-bond acceptors (Lipinski definition) is 6. The van der Waals surface area contributed by atoms with E-state index in [0.29, 0.717) is 22.8 Å². The van der Waals surface area contributed by atoms with Crippen LogP contribution in [0, 0.1) is 5.82 Å². The van der Waals surface area contributed by atoms with E-state index in [0.717, 1.165) is 10.4 Å². The third-order valence-corrected chi connectivity index (χ3v) is 6.77. The van der Waals surface area contributed by atoms with Crippen LogP contribution in [0.1, 0.15) is 5.56 Å². The fraction of sp³-hybridized carbons (Fsp3) is 0.208. The van der Waals surface area contributed by atoms with Crippen molar-refractivity contribution < 1.29 is 31.8 Å². The maximum Gasteiger partial charge on any atom is 0.264 e. The third kappa shape index (κ3) is 5.57. The number of sulfonamides is 1. The molecule has 180 valence electrons. The Balaban J connectivity index is 1.84. The molecule has 0 fully saturated rings. The van der Waals surface area contributed by atoms with Gasteiger partial charge in [0.25, 0.3) is 10.0 Å². The van der Waals surface area contributed by atoms with E-state index in [1.165, 1.54) is 63.8 Å². The molecule has 0 aliphatic heterocycles. The van der Waals surface area contributed by atoms with Crippen LogP contribution in [-0.4, -0.2) is 42.2 Å². The van der Waals surface area contributed by atoms with Crippen molar-refractivity contribution in [3.8, 4) is 17.2 Å². The van der Waals surface area contributed by atoms with Gasteiger partial charge in [0, 0.05) is 6.54 Å². The van der Waals surface area contributed by atoms with Crippen LogP contribution < -0.4 is 23.8 Å². The van der Waals surface area contributed by atoms with Gasteiger partial charge in [-0.15, -0.1) is 0 Å². The Morgan fingerprint density at radius 1 is 0.912 bits per heavy atom. The number of hydrogen-bond donors (Lipinski definition) is 1. The molecule has 0 aliphatic rings. The number of nitrogens with zero attached hydrogens (tertiary/aromatic N) is 1. The second-order valence-electron chi connectivity index (χ2n) is 7.10. The van der Waals surface area contributed by atoms with E-state index >= 15 is 0 Å². The Labute approximate surface area is 197 Å². The van der Waals surface area contributed by atoms with Crippen LogP contribution in [0.3, 0.4) is 0 Å². The normalized spacial score (nSPS) is 10.9. The third-order valence-electron chi connectivity index (χ3n) is 4.99. The standard InChI is InChI=1S/C24H25FN2O6S/c1-31-18-9-11-19(12-10-18)34(29,30)27(21-7-5-4-6-20(21)25)16-24(28)26-15-17-8-13-22(32-2)23(14-17)33-3/h4-14H,15-16H2,1-3H3,(H,26,28). The molecule has 0 aromatic heterocycles. The van der Waals surface area contributed by atoms with Crippen molar-refractivity contribution in [2.24, 2.45) is 0 Å². The van der Waals surface area contributed by atoms with Crippen LogP contribution in [0.15, 0.2) is 71.6 Å². The molecule has 34 heavy (non-hydrogen) atoms. The highest BCUT2D eigenvalue weighted by Gasteiger charge is 2.29. The minimum Gasteiger partial charge on any atom is -0.497 e. The Kier molecular flexibility index (Phi) is 7.95. The summed E-state index contributed by atoms with van der Waals surface area (Å²) >= 11 is 0.